The van der Waals surface area contributed by atoms with Gasteiger partial charge in [-0.25, -0.2) is 14.5 Å². The Bertz CT molecular complexity index is 870. The van der Waals surface area contributed by atoms with E-state index < -0.39 is 11.6 Å². The summed E-state index contributed by atoms with van der Waals surface area (Å²) in [6, 6.07) is 7.32. The van der Waals surface area contributed by atoms with E-state index in [1.165, 1.54) is 9.58 Å². The first-order chi connectivity index (χ1) is 11.1. The minimum atomic E-state index is -1.49. The number of nitrogens with zero attached hydrogens (tertiary/aromatic N) is 4. The number of benzene rings is 1. The summed E-state index contributed by atoms with van der Waals surface area (Å²) in [6.07, 6.45) is 2.47. The predicted molar refractivity (Wildman–Crippen MR) is 79.8 cm³/mol. The maximum absolute atomic E-state index is 12.4. The third-order valence-corrected chi connectivity index (χ3v) is 4.95. The molecule has 2 aromatic rings. The molecule has 116 valence electrons. The first-order valence-electron chi connectivity index (χ1n) is 7.76. The summed E-state index contributed by atoms with van der Waals surface area (Å²) < 4.78 is 1.47. The maximum atomic E-state index is 12.4. The molecule has 1 unspecified atom stereocenters. The monoisotopic (exact) mass is 310 g/mol. The van der Waals surface area contributed by atoms with Gasteiger partial charge in [-0.15, -0.1) is 0 Å². The molecule has 0 bridgehead atoms. The molecule has 3 aliphatic rings. The summed E-state index contributed by atoms with van der Waals surface area (Å²) in [4.78, 5) is 30.6. The molecule has 0 radical (unpaired) electrons. The highest BCUT2D eigenvalue weighted by Crippen LogP contribution is 2.49. The number of hydrogen-bond acceptors (Lipinski definition) is 4. The van der Waals surface area contributed by atoms with E-state index in [9.17, 15) is 14.7 Å². The van der Waals surface area contributed by atoms with Crippen LogP contribution in [0, 0.1) is 0 Å². The number of aromatic nitrogens is 3. The van der Waals surface area contributed by atoms with Crippen molar-refractivity contribution >= 4 is 17.6 Å². The molecule has 3 heterocycles. The SMILES string of the molecule is O=C1CCC2(C(=O)O)N1c1ccccc1-c1nc(C3CC3)nn12. The normalized spacial score (nSPS) is 25.0. The first kappa shape index (κ1) is 12.8. The quantitative estimate of drug-likeness (QED) is 0.912. The minimum Gasteiger partial charge on any atom is -0.478 e. The van der Waals surface area contributed by atoms with Crippen molar-refractivity contribution < 1.29 is 14.7 Å². The molecule has 1 N–H and O–H groups in total. The molecule has 1 aromatic carbocycles. The van der Waals surface area contributed by atoms with Crippen molar-refractivity contribution in [3.8, 4) is 11.4 Å². The van der Waals surface area contributed by atoms with Crippen LogP contribution in [-0.2, 0) is 15.3 Å². The largest absolute Gasteiger partial charge is 0.478 e. The highest BCUT2D eigenvalue weighted by atomic mass is 16.4. The smallest absolute Gasteiger partial charge is 0.353 e. The zero-order valence-electron chi connectivity index (χ0n) is 12.3. The molecule has 2 fully saturated rings. The molecule has 1 amide bonds. The van der Waals surface area contributed by atoms with E-state index in [2.05, 4.69) is 10.1 Å². The lowest BCUT2D eigenvalue weighted by molar-refractivity contribution is -0.148. The van der Waals surface area contributed by atoms with Crippen molar-refractivity contribution in [3.05, 3.63) is 30.1 Å². The van der Waals surface area contributed by atoms with Gasteiger partial charge in [-0.1, -0.05) is 12.1 Å². The molecular formula is C16H14N4O3. The lowest BCUT2D eigenvalue weighted by Gasteiger charge is -2.39. The van der Waals surface area contributed by atoms with Crippen LogP contribution in [0.1, 0.15) is 37.4 Å². The Hall–Kier alpha value is -2.70. The molecule has 0 spiro atoms. The Kier molecular flexibility index (Phi) is 2.22. The number of rotatable bonds is 2. The van der Waals surface area contributed by atoms with Crippen molar-refractivity contribution in [2.24, 2.45) is 0 Å². The number of carboxylic acid groups (broad SMARTS) is 1. The van der Waals surface area contributed by atoms with Gasteiger partial charge in [0.2, 0.25) is 11.6 Å². The summed E-state index contributed by atoms with van der Waals surface area (Å²) in [5.41, 5.74) is -0.111. The molecule has 1 atom stereocenters. The summed E-state index contributed by atoms with van der Waals surface area (Å²) in [5.74, 6) is 0.310. The average molecular weight is 310 g/mol. The van der Waals surface area contributed by atoms with Crippen LogP contribution in [0.4, 0.5) is 5.69 Å². The number of hydrogen-bond donors (Lipinski definition) is 1. The molecule has 2 aliphatic heterocycles. The van der Waals surface area contributed by atoms with Crippen LogP contribution >= 0.6 is 0 Å². The zero-order chi connectivity index (χ0) is 15.8. The van der Waals surface area contributed by atoms with Gasteiger partial charge in [-0.2, -0.15) is 5.10 Å². The Balaban J connectivity index is 1.86. The van der Waals surface area contributed by atoms with Gasteiger partial charge in [0.15, 0.2) is 11.6 Å². The fourth-order valence-electron chi connectivity index (χ4n) is 3.67. The average Bonchev–Trinajstić information content (AvgIpc) is 3.19. The van der Waals surface area contributed by atoms with Gasteiger partial charge < -0.3 is 5.11 Å². The highest BCUT2D eigenvalue weighted by molar-refractivity contribution is 6.07. The highest BCUT2D eigenvalue weighted by Gasteiger charge is 2.59. The van der Waals surface area contributed by atoms with Crippen molar-refractivity contribution in [1.29, 1.82) is 0 Å². The zero-order valence-corrected chi connectivity index (χ0v) is 12.3. The van der Waals surface area contributed by atoms with Gasteiger partial charge in [0.05, 0.1) is 5.69 Å². The second kappa shape index (κ2) is 3.98. The molecule has 1 saturated heterocycles. The maximum Gasteiger partial charge on any atom is 0.353 e. The van der Waals surface area contributed by atoms with Gasteiger partial charge in [-0.05, 0) is 25.0 Å². The Morgan fingerprint density at radius 2 is 2.09 bits per heavy atom. The van der Waals surface area contributed by atoms with E-state index in [1.54, 1.807) is 6.07 Å². The van der Waals surface area contributed by atoms with E-state index in [0.717, 1.165) is 18.4 Å². The van der Waals surface area contributed by atoms with Crippen LogP contribution in [0.2, 0.25) is 0 Å². The van der Waals surface area contributed by atoms with Crippen LogP contribution in [0.5, 0.6) is 0 Å². The molecule has 1 aliphatic carbocycles. The van der Waals surface area contributed by atoms with E-state index in [-0.39, 0.29) is 18.7 Å². The Morgan fingerprint density at radius 3 is 2.83 bits per heavy atom. The number of carbonyl (C=O) groups excluding carboxylic acids is 1. The van der Waals surface area contributed by atoms with Crippen LogP contribution in [0.15, 0.2) is 24.3 Å². The van der Waals surface area contributed by atoms with Crippen molar-refractivity contribution in [3.63, 3.8) is 0 Å². The summed E-state index contributed by atoms with van der Waals surface area (Å²) in [7, 11) is 0. The molecular weight excluding hydrogens is 296 g/mol. The third kappa shape index (κ3) is 1.44. The van der Waals surface area contributed by atoms with E-state index >= 15 is 0 Å². The number of fused-ring (bicyclic) bond motifs is 6. The third-order valence-electron chi connectivity index (χ3n) is 4.95. The van der Waals surface area contributed by atoms with Crippen LogP contribution in [0.25, 0.3) is 11.4 Å². The molecule has 1 saturated carbocycles. The van der Waals surface area contributed by atoms with Crippen molar-refractivity contribution in [2.75, 3.05) is 4.90 Å². The van der Waals surface area contributed by atoms with Crippen LogP contribution in [-0.4, -0.2) is 31.7 Å². The van der Waals surface area contributed by atoms with Gasteiger partial charge in [0.25, 0.3) is 0 Å². The fourth-order valence-corrected chi connectivity index (χ4v) is 3.67. The molecule has 7 nitrogen and oxygen atoms in total. The number of amides is 1. The van der Waals surface area contributed by atoms with Crippen molar-refractivity contribution in [2.45, 2.75) is 37.3 Å². The molecule has 23 heavy (non-hydrogen) atoms. The molecule has 1 aromatic heterocycles. The van der Waals surface area contributed by atoms with Crippen molar-refractivity contribution in [1.82, 2.24) is 14.8 Å². The van der Waals surface area contributed by atoms with Gasteiger partial charge in [0.1, 0.15) is 0 Å². The van der Waals surface area contributed by atoms with Gasteiger partial charge in [-0.3, -0.25) is 9.69 Å². The van der Waals surface area contributed by atoms with E-state index in [4.69, 9.17) is 0 Å². The lowest BCUT2D eigenvalue weighted by Crippen LogP contribution is -2.56. The minimum absolute atomic E-state index is 0.186. The number of anilines is 1. The summed E-state index contributed by atoms with van der Waals surface area (Å²) >= 11 is 0. The van der Waals surface area contributed by atoms with E-state index in [1.807, 2.05) is 18.2 Å². The second-order valence-electron chi connectivity index (χ2n) is 6.35. The molecule has 7 heteroatoms. The molecule has 5 rings (SSSR count). The predicted octanol–water partition coefficient (Wildman–Crippen LogP) is 1.70. The number of para-hydroxylation sites is 1. The Morgan fingerprint density at radius 1 is 1.30 bits per heavy atom. The summed E-state index contributed by atoms with van der Waals surface area (Å²) in [5, 5.41) is 14.5. The fraction of sp³-hybridized carbons (Fsp3) is 0.375. The van der Waals surface area contributed by atoms with Gasteiger partial charge >= 0.3 is 5.97 Å². The Labute approximate surface area is 131 Å². The van der Waals surface area contributed by atoms with E-state index in [0.29, 0.717) is 23.3 Å². The first-order valence-corrected chi connectivity index (χ1v) is 7.76. The van der Waals surface area contributed by atoms with Gasteiger partial charge in [0, 0.05) is 24.3 Å². The van der Waals surface area contributed by atoms with Crippen LogP contribution < -0.4 is 4.90 Å². The number of carboxylic acids is 1. The van der Waals surface area contributed by atoms with Crippen LogP contribution in [0.3, 0.4) is 0 Å². The number of carbonyl (C=O) groups is 2. The number of aliphatic carboxylic acids is 1. The lowest BCUT2D eigenvalue weighted by atomic mass is 10.0. The topological polar surface area (TPSA) is 88.3 Å². The standard InChI is InChI=1S/C16H14N4O3/c21-12-7-8-16(15(22)23)19(12)11-4-2-1-3-10(11)14-17-13(9-5-6-9)18-20(14)16/h1-4,9H,5-8H2,(H,22,23). The second-order valence-corrected chi connectivity index (χ2v) is 6.35. The summed E-state index contributed by atoms with van der Waals surface area (Å²) in [6.45, 7) is 0.